The van der Waals surface area contributed by atoms with Crippen LogP contribution >= 0.6 is 0 Å². The Morgan fingerprint density at radius 1 is 1.26 bits per heavy atom. The van der Waals surface area contributed by atoms with Crippen LogP contribution in [0.1, 0.15) is 64.0 Å². The van der Waals surface area contributed by atoms with Gasteiger partial charge in [-0.05, 0) is 62.3 Å². The summed E-state index contributed by atoms with van der Waals surface area (Å²) in [6.45, 7) is 6.71. The Kier molecular flexibility index (Phi) is 4.98. The predicted molar refractivity (Wildman–Crippen MR) is 93.8 cm³/mol. The van der Waals surface area contributed by atoms with Crippen LogP contribution in [0.25, 0.3) is 0 Å². The fourth-order valence-corrected chi connectivity index (χ4v) is 4.36. The summed E-state index contributed by atoms with van der Waals surface area (Å²) in [5.41, 5.74) is 9.69. The van der Waals surface area contributed by atoms with Crippen molar-refractivity contribution in [2.24, 2.45) is 11.7 Å². The lowest BCUT2D eigenvalue weighted by molar-refractivity contribution is -0.0201. The fraction of sp³-hybridized carbons (Fsp3) is 0.700. The molecule has 2 aliphatic carbocycles. The van der Waals surface area contributed by atoms with Gasteiger partial charge in [-0.3, -0.25) is 0 Å². The quantitative estimate of drug-likeness (QED) is 0.848. The molecule has 1 fully saturated rings. The molecule has 23 heavy (non-hydrogen) atoms. The molecule has 0 unspecified atom stereocenters. The molecule has 3 rings (SSSR count). The lowest BCUT2D eigenvalue weighted by Gasteiger charge is -2.47. The lowest BCUT2D eigenvalue weighted by atomic mass is 9.60. The van der Waals surface area contributed by atoms with Crippen molar-refractivity contribution in [2.45, 2.75) is 76.9 Å². The van der Waals surface area contributed by atoms with Crippen LogP contribution in [0.5, 0.6) is 5.75 Å². The molecule has 128 valence electrons. The summed E-state index contributed by atoms with van der Waals surface area (Å²) in [7, 11) is 0. The van der Waals surface area contributed by atoms with Crippen molar-refractivity contribution >= 4 is 0 Å². The molecule has 1 aromatic carbocycles. The maximum atomic E-state index is 6.73. The molecule has 2 bridgehead atoms. The average molecular weight is 317 g/mol. The van der Waals surface area contributed by atoms with Crippen LogP contribution in [0.15, 0.2) is 18.2 Å². The second-order valence-corrected chi connectivity index (χ2v) is 7.80. The third kappa shape index (κ3) is 3.41. The van der Waals surface area contributed by atoms with E-state index in [4.69, 9.17) is 15.2 Å². The fourth-order valence-electron chi connectivity index (χ4n) is 4.36. The lowest BCUT2D eigenvalue weighted by Crippen LogP contribution is -2.52. The van der Waals surface area contributed by atoms with E-state index in [9.17, 15) is 0 Å². The number of hydrogen-bond acceptors (Lipinski definition) is 3. The standard InChI is InChI=1S/C20H31NO2/c1-14(2)22-13-23-17-9-8-15-11-16-7-5-4-6-10-20(3,19(16)21)18(15)12-17/h8-9,12,14,16,19H,4-7,10-11,13,21H2,1-3H3/t16-,19-,20+/m0/s1. The van der Waals surface area contributed by atoms with Gasteiger partial charge in [0.2, 0.25) is 0 Å². The molecule has 3 atom stereocenters. The highest BCUT2D eigenvalue weighted by Gasteiger charge is 2.43. The first-order valence-corrected chi connectivity index (χ1v) is 9.14. The van der Waals surface area contributed by atoms with E-state index < -0.39 is 0 Å². The summed E-state index contributed by atoms with van der Waals surface area (Å²) in [6, 6.07) is 6.82. The highest BCUT2D eigenvalue weighted by Crippen LogP contribution is 2.46. The van der Waals surface area contributed by atoms with Crippen molar-refractivity contribution in [1.82, 2.24) is 0 Å². The second-order valence-electron chi connectivity index (χ2n) is 7.80. The van der Waals surface area contributed by atoms with Crippen LogP contribution in [-0.2, 0) is 16.6 Å². The molecule has 0 saturated heterocycles. The minimum absolute atomic E-state index is 0.0803. The van der Waals surface area contributed by atoms with Crippen molar-refractivity contribution in [3.8, 4) is 5.75 Å². The average Bonchev–Trinajstić information content (AvgIpc) is 2.51. The third-order valence-corrected chi connectivity index (χ3v) is 5.82. The highest BCUT2D eigenvalue weighted by molar-refractivity contribution is 5.44. The molecule has 0 radical (unpaired) electrons. The van der Waals surface area contributed by atoms with Crippen molar-refractivity contribution in [2.75, 3.05) is 6.79 Å². The first-order valence-electron chi connectivity index (χ1n) is 9.14. The van der Waals surface area contributed by atoms with Crippen molar-refractivity contribution < 1.29 is 9.47 Å². The van der Waals surface area contributed by atoms with E-state index in [1.165, 1.54) is 43.2 Å². The van der Waals surface area contributed by atoms with Gasteiger partial charge in [-0.25, -0.2) is 0 Å². The van der Waals surface area contributed by atoms with Crippen LogP contribution in [-0.4, -0.2) is 18.9 Å². The van der Waals surface area contributed by atoms with Gasteiger partial charge in [0.25, 0.3) is 0 Å². The number of rotatable bonds is 4. The van der Waals surface area contributed by atoms with Crippen LogP contribution in [0.2, 0.25) is 0 Å². The number of benzene rings is 1. The van der Waals surface area contributed by atoms with Gasteiger partial charge < -0.3 is 15.2 Å². The minimum Gasteiger partial charge on any atom is -0.468 e. The number of nitrogens with two attached hydrogens (primary N) is 1. The zero-order valence-corrected chi connectivity index (χ0v) is 14.8. The van der Waals surface area contributed by atoms with E-state index in [2.05, 4.69) is 25.1 Å². The summed E-state index contributed by atoms with van der Waals surface area (Å²) in [4.78, 5) is 0. The molecule has 0 heterocycles. The Labute approximate surface area is 140 Å². The van der Waals surface area contributed by atoms with Crippen molar-refractivity contribution in [3.63, 3.8) is 0 Å². The molecule has 0 aliphatic heterocycles. The topological polar surface area (TPSA) is 44.5 Å². The summed E-state index contributed by atoms with van der Waals surface area (Å²) in [6.07, 6.45) is 7.71. The molecular weight excluding hydrogens is 286 g/mol. The Bertz CT molecular complexity index is 542. The predicted octanol–water partition coefficient (Wildman–Crippen LogP) is 4.17. The first kappa shape index (κ1) is 16.8. The number of ether oxygens (including phenoxy) is 2. The van der Waals surface area contributed by atoms with Crippen LogP contribution < -0.4 is 10.5 Å². The van der Waals surface area contributed by atoms with Crippen molar-refractivity contribution in [3.05, 3.63) is 29.3 Å². The van der Waals surface area contributed by atoms with E-state index in [-0.39, 0.29) is 17.6 Å². The normalized spacial score (nSPS) is 30.5. The Balaban J connectivity index is 1.86. The van der Waals surface area contributed by atoms with E-state index in [0.717, 1.165) is 12.2 Å². The number of fused-ring (bicyclic) bond motifs is 4. The molecule has 0 aromatic heterocycles. The van der Waals surface area contributed by atoms with E-state index >= 15 is 0 Å². The molecule has 2 N–H and O–H groups in total. The van der Waals surface area contributed by atoms with E-state index in [1.807, 2.05) is 13.8 Å². The summed E-state index contributed by atoms with van der Waals surface area (Å²) < 4.78 is 11.3. The molecule has 0 spiro atoms. The molecular formula is C20H31NO2. The van der Waals surface area contributed by atoms with Crippen LogP contribution in [0.4, 0.5) is 0 Å². The molecule has 2 aliphatic rings. The minimum atomic E-state index is 0.0803. The van der Waals surface area contributed by atoms with Crippen molar-refractivity contribution in [1.29, 1.82) is 0 Å². The van der Waals surface area contributed by atoms with Crippen LogP contribution in [0.3, 0.4) is 0 Å². The number of hydrogen-bond donors (Lipinski definition) is 1. The molecule has 1 saturated carbocycles. The van der Waals surface area contributed by atoms with E-state index in [0.29, 0.717) is 12.7 Å². The van der Waals surface area contributed by atoms with Gasteiger partial charge in [-0.2, -0.15) is 0 Å². The van der Waals surface area contributed by atoms with Gasteiger partial charge in [-0.1, -0.05) is 32.3 Å². The zero-order valence-electron chi connectivity index (χ0n) is 14.8. The van der Waals surface area contributed by atoms with Gasteiger partial charge in [0.1, 0.15) is 5.75 Å². The monoisotopic (exact) mass is 317 g/mol. The maximum absolute atomic E-state index is 6.73. The van der Waals surface area contributed by atoms with Gasteiger partial charge in [0, 0.05) is 11.5 Å². The maximum Gasteiger partial charge on any atom is 0.189 e. The summed E-state index contributed by atoms with van der Waals surface area (Å²) >= 11 is 0. The smallest absolute Gasteiger partial charge is 0.189 e. The van der Waals surface area contributed by atoms with Gasteiger partial charge >= 0.3 is 0 Å². The van der Waals surface area contributed by atoms with E-state index in [1.54, 1.807) is 0 Å². The van der Waals surface area contributed by atoms with Gasteiger partial charge in [0.05, 0.1) is 6.10 Å². The summed E-state index contributed by atoms with van der Waals surface area (Å²) in [5, 5.41) is 0. The third-order valence-electron chi connectivity index (χ3n) is 5.82. The first-order chi connectivity index (χ1) is 11.0. The Morgan fingerprint density at radius 3 is 2.87 bits per heavy atom. The molecule has 3 nitrogen and oxygen atoms in total. The Morgan fingerprint density at radius 2 is 2.09 bits per heavy atom. The SMILES string of the molecule is CC(C)OCOc1ccc2c(c1)[C@@]1(C)CCCCC[C@@H](C2)[C@@H]1N. The molecule has 0 amide bonds. The summed E-state index contributed by atoms with van der Waals surface area (Å²) in [5.74, 6) is 1.53. The van der Waals surface area contributed by atoms with Gasteiger partial charge in [-0.15, -0.1) is 0 Å². The zero-order chi connectivity index (χ0) is 16.4. The highest BCUT2D eigenvalue weighted by atomic mass is 16.7. The molecule has 3 heteroatoms. The second kappa shape index (κ2) is 6.82. The van der Waals surface area contributed by atoms with Crippen LogP contribution in [0, 0.1) is 5.92 Å². The largest absolute Gasteiger partial charge is 0.468 e. The van der Waals surface area contributed by atoms with Gasteiger partial charge in [0.15, 0.2) is 6.79 Å². The Hall–Kier alpha value is -1.06. The molecule has 1 aromatic rings.